The molecule has 0 aromatic heterocycles. The molecule has 0 atom stereocenters. The molecule has 0 saturated carbocycles. The van der Waals surface area contributed by atoms with Crippen molar-refractivity contribution < 1.29 is 14.0 Å². The molecule has 0 spiro atoms. The summed E-state index contributed by atoms with van der Waals surface area (Å²) in [4.78, 5) is 31.3. The first kappa shape index (κ1) is 20.8. The molecular weight excluding hydrogens is 371 g/mol. The second kappa shape index (κ2) is 9.52. The Morgan fingerprint density at radius 1 is 1.07 bits per heavy atom. The zero-order valence-corrected chi connectivity index (χ0v) is 16.9. The van der Waals surface area contributed by atoms with Crippen molar-refractivity contribution in [3.63, 3.8) is 0 Å². The molecule has 3 rings (SSSR count). The summed E-state index contributed by atoms with van der Waals surface area (Å²) in [6, 6.07) is 13.3. The van der Waals surface area contributed by atoms with E-state index in [-0.39, 0.29) is 30.7 Å². The Morgan fingerprint density at radius 2 is 1.76 bits per heavy atom. The van der Waals surface area contributed by atoms with E-state index in [4.69, 9.17) is 0 Å². The van der Waals surface area contributed by atoms with E-state index in [1.54, 1.807) is 23.1 Å². The van der Waals surface area contributed by atoms with Crippen molar-refractivity contribution in [1.29, 1.82) is 0 Å². The van der Waals surface area contributed by atoms with Crippen LogP contribution in [0, 0.1) is 5.82 Å². The van der Waals surface area contributed by atoms with Gasteiger partial charge in [-0.2, -0.15) is 0 Å². The van der Waals surface area contributed by atoms with Crippen LogP contribution in [0.3, 0.4) is 0 Å². The Morgan fingerprint density at radius 3 is 2.41 bits per heavy atom. The molecule has 1 aliphatic heterocycles. The Kier molecular flexibility index (Phi) is 6.82. The van der Waals surface area contributed by atoms with Gasteiger partial charge in [0.05, 0.1) is 0 Å². The lowest BCUT2D eigenvalue weighted by Crippen LogP contribution is -2.50. The summed E-state index contributed by atoms with van der Waals surface area (Å²) in [6.07, 6.45) is 0. The lowest BCUT2D eigenvalue weighted by Gasteiger charge is -2.30. The Hall–Kier alpha value is -2.93. The average Bonchev–Trinajstić information content (AvgIpc) is 2.75. The van der Waals surface area contributed by atoms with Crippen molar-refractivity contribution in [3.8, 4) is 0 Å². The third kappa shape index (κ3) is 5.54. The normalized spacial score (nSPS) is 13.8. The summed E-state index contributed by atoms with van der Waals surface area (Å²) >= 11 is 0. The molecule has 0 aliphatic carbocycles. The zero-order valence-electron chi connectivity index (χ0n) is 16.9. The van der Waals surface area contributed by atoms with E-state index >= 15 is 0 Å². The van der Waals surface area contributed by atoms with Gasteiger partial charge >= 0.3 is 0 Å². The van der Waals surface area contributed by atoms with Crippen molar-refractivity contribution in [2.75, 3.05) is 51.7 Å². The van der Waals surface area contributed by atoms with E-state index in [2.05, 4.69) is 5.32 Å². The van der Waals surface area contributed by atoms with Gasteiger partial charge in [-0.3, -0.25) is 9.59 Å². The van der Waals surface area contributed by atoms with Crippen molar-refractivity contribution in [2.45, 2.75) is 6.54 Å². The summed E-state index contributed by atoms with van der Waals surface area (Å²) in [6.45, 7) is 3.00. The van der Waals surface area contributed by atoms with Crippen LogP contribution in [0.5, 0.6) is 0 Å². The third-order valence-corrected chi connectivity index (χ3v) is 4.98. The molecule has 1 fully saturated rings. The molecule has 2 amide bonds. The predicted molar refractivity (Wildman–Crippen MR) is 111 cm³/mol. The number of nitrogens with zero attached hydrogens (tertiary/aromatic N) is 3. The van der Waals surface area contributed by atoms with Gasteiger partial charge in [0.1, 0.15) is 12.4 Å². The molecule has 1 aliphatic rings. The maximum atomic E-state index is 13.3. The van der Waals surface area contributed by atoms with Gasteiger partial charge in [-0.15, -0.1) is 0 Å². The molecule has 1 saturated heterocycles. The highest BCUT2D eigenvalue weighted by molar-refractivity contribution is 5.97. The molecule has 6 nitrogen and oxygen atoms in total. The molecule has 0 radical (unpaired) electrons. The minimum absolute atomic E-state index is 0.0115. The second-order valence-corrected chi connectivity index (χ2v) is 7.36. The third-order valence-electron chi connectivity index (χ3n) is 4.98. The second-order valence-electron chi connectivity index (χ2n) is 7.36. The van der Waals surface area contributed by atoms with Crippen LogP contribution >= 0.6 is 0 Å². The summed E-state index contributed by atoms with van der Waals surface area (Å²) < 4.78 is 13.3. The number of benzene rings is 2. The summed E-state index contributed by atoms with van der Waals surface area (Å²) in [5.41, 5.74) is 2.20. The summed E-state index contributed by atoms with van der Waals surface area (Å²) in [5, 5.41) is 3.22. The zero-order chi connectivity index (χ0) is 20.8. The average molecular weight is 398 g/mol. The number of hydrogen-bond donors (Lipinski definition) is 1. The van der Waals surface area contributed by atoms with E-state index in [0.29, 0.717) is 18.7 Å². The number of carbonyl (C=O) groups excluding carboxylic acids is 2. The van der Waals surface area contributed by atoms with Gasteiger partial charge in [0.15, 0.2) is 0 Å². The monoisotopic (exact) mass is 398 g/mol. The maximum Gasteiger partial charge on any atom is 0.254 e. The van der Waals surface area contributed by atoms with Gasteiger partial charge in [-0.05, 0) is 35.9 Å². The van der Waals surface area contributed by atoms with Gasteiger partial charge < -0.3 is 20.0 Å². The Bertz CT molecular complexity index is 848. The van der Waals surface area contributed by atoms with Crippen LogP contribution in [0.25, 0.3) is 0 Å². The van der Waals surface area contributed by atoms with E-state index in [1.165, 1.54) is 17.0 Å². The Balaban J connectivity index is 1.82. The van der Waals surface area contributed by atoms with Crippen molar-refractivity contribution >= 4 is 17.5 Å². The quantitative estimate of drug-likeness (QED) is 0.808. The highest BCUT2D eigenvalue weighted by Gasteiger charge is 2.24. The molecule has 0 bridgehead atoms. The number of amides is 2. The SMILES string of the molecule is CN(C)c1cccc(C(=O)N(CC(=O)N2CCNCC2)Cc2ccc(F)cc2)c1. The fraction of sp³-hybridized carbons (Fsp3) is 0.364. The van der Waals surface area contributed by atoms with Crippen LogP contribution in [0.15, 0.2) is 48.5 Å². The highest BCUT2D eigenvalue weighted by atomic mass is 19.1. The van der Waals surface area contributed by atoms with Gasteiger partial charge in [0, 0.05) is 58.1 Å². The number of nitrogens with one attached hydrogen (secondary N) is 1. The first-order valence-corrected chi connectivity index (χ1v) is 9.73. The Labute approximate surface area is 170 Å². The molecule has 7 heteroatoms. The minimum Gasteiger partial charge on any atom is -0.378 e. The first-order chi connectivity index (χ1) is 13.9. The summed E-state index contributed by atoms with van der Waals surface area (Å²) in [5.74, 6) is -0.630. The number of halogens is 1. The number of piperazine rings is 1. The van der Waals surface area contributed by atoms with Gasteiger partial charge in [-0.1, -0.05) is 18.2 Å². The van der Waals surface area contributed by atoms with Gasteiger partial charge in [0.2, 0.25) is 5.91 Å². The van der Waals surface area contributed by atoms with Crippen molar-refractivity contribution in [1.82, 2.24) is 15.1 Å². The largest absolute Gasteiger partial charge is 0.378 e. The van der Waals surface area contributed by atoms with Crippen LogP contribution in [0.1, 0.15) is 15.9 Å². The fourth-order valence-electron chi connectivity index (χ4n) is 3.29. The molecule has 1 heterocycles. The standard InChI is InChI=1S/C22H27FN4O2/c1-25(2)20-5-3-4-18(14-20)22(29)27(15-17-6-8-19(23)9-7-17)16-21(28)26-12-10-24-11-13-26/h3-9,14,24H,10-13,15-16H2,1-2H3. The first-order valence-electron chi connectivity index (χ1n) is 9.73. The number of carbonyl (C=O) groups is 2. The molecule has 2 aromatic carbocycles. The van der Waals surface area contributed by atoms with Gasteiger partial charge in [0.25, 0.3) is 5.91 Å². The van der Waals surface area contributed by atoms with E-state index in [1.807, 2.05) is 37.2 Å². The van der Waals surface area contributed by atoms with Crippen LogP contribution in [0.4, 0.5) is 10.1 Å². The van der Waals surface area contributed by atoms with Crippen LogP contribution in [-0.4, -0.2) is 68.4 Å². The fourth-order valence-corrected chi connectivity index (χ4v) is 3.29. The maximum absolute atomic E-state index is 13.3. The molecule has 29 heavy (non-hydrogen) atoms. The van der Waals surface area contributed by atoms with Crippen LogP contribution in [0.2, 0.25) is 0 Å². The van der Waals surface area contributed by atoms with E-state index < -0.39 is 0 Å². The molecule has 2 aromatic rings. The molecule has 1 N–H and O–H groups in total. The van der Waals surface area contributed by atoms with Crippen molar-refractivity contribution in [3.05, 3.63) is 65.5 Å². The predicted octanol–water partition coefficient (Wildman–Crippen LogP) is 1.97. The minimum atomic E-state index is -0.331. The lowest BCUT2D eigenvalue weighted by atomic mass is 10.1. The van der Waals surface area contributed by atoms with Crippen LogP contribution in [-0.2, 0) is 11.3 Å². The van der Waals surface area contributed by atoms with Gasteiger partial charge in [-0.25, -0.2) is 4.39 Å². The van der Waals surface area contributed by atoms with E-state index in [0.717, 1.165) is 24.3 Å². The van der Waals surface area contributed by atoms with E-state index in [9.17, 15) is 14.0 Å². The number of anilines is 1. The lowest BCUT2D eigenvalue weighted by molar-refractivity contribution is -0.132. The molecule has 154 valence electrons. The number of rotatable bonds is 6. The van der Waals surface area contributed by atoms with Crippen LogP contribution < -0.4 is 10.2 Å². The highest BCUT2D eigenvalue weighted by Crippen LogP contribution is 2.17. The topological polar surface area (TPSA) is 55.9 Å². The molecule has 0 unspecified atom stereocenters. The van der Waals surface area contributed by atoms with Crippen molar-refractivity contribution in [2.24, 2.45) is 0 Å². The smallest absolute Gasteiger partial charge is 0.254 e. The number of hydrogen-bond acceptors (Lipinski definition) is 4. The summed E-state index contributed by atoms with van der Waals surface area (Å²) in [7, 11) is 3.82. The molecular formula is C22H27FN4O2.